The molecule has 2 heterocycles. The Labute approximate surface area is 177 Å². The van der Waals surface area contributed by atoms with Gasteiger partial charge in [-0.3, -0.25) is 14.5 Å². The van der Waals surface area contributed by atoms with Crippen molar-refractivity contribution in [2.75, 3.05) is 0 Å². The summed E-state index contributed by atoms with van der Waals surface area (Å²) in [7, 11) is 0. The summed E-state index contributed by atoms with van der Waals surface area (Å²) >= 11 is 0. The molecule has 0 fully saturated rings. The van der Waals surface area contributed by atoms with Gasteiger partial charge in [-0.05, 0) is 23.6 Å². The van der Waals surface area contributed by atoms with Crippen LogP contribution in [0.1, 0.15) is 18.1 Å². The number of carboxylic acids is 1. The second-order valence-electron chi connectivity index (χ2n) is 7.09. The topological polar surface area (TPSA) is 186 Å². The third-order valence-electron chi connectivity index (χ3n) is 4.67. The van der Waals surface area contributed by atoms with Crippen LogP contribution in [0.15, 0.2) is 59.0 Å². The number of benzene rings is 1. The number of amides is 1. The number of rotatable bonds is 5. The van der Waals surface area contributed by atoms with Crippen LogP contribution in [0.4, 0.5) is 0 Å². The van der Waals surface area contributed by atoms with Gasteiger partial charge in [0.1, 0.15) is 28.8 Å². The molecule has 0 radical (unpaired) electrons. The first-order valence-corrected chi connectivity index (χ1v) is 9.23. The molecule has 1 aromatic carbocycles. The Hall–Kier alpha value is -4.28. The third-order valence-corrected chi connectivity index (χ3v) is 4.67. The van der Waals surface area contributed by atoms with Crippen LogP contribution in [0.2, 0.25) is 0 Å². The number of carboxylic acid groups (broad SMARTS) is 1. The lowest BCUT2D eigenvalue weighted by Crippen LogP contribution is -2.39. The van der Waals surface area contributed by atoms with Crippen LogP contribution in [0.3, 0.4) is 0 Å². The predicted molar refractivity (Wildman–Crippen MR) is 111 cm³/mol. The maximum atomic E-state index is 12.6. The SMILES string of the molecule is C=C(N)N1C(C(=O)O)=CC(C(=O)NCc2ccc3c(c2)CC(C)C(=O)O3)=NC1=C(N)N. The second-order valence-corrected chi connectivity index (χ2v) is 7.09. The zero-order chi connectivity index (χ0) is 22.9. The first-order chi connectivity index (χ1) is 14.6. The van der Waals surface area contributed by atoms with Crippen LogP contribution >= 0.6 is 0 Å². The lowest BCUT2D eigenvalue weighted by Gasteiger charge is -2.28. The summed E-state index contributed by atoms with van der Waals surface area (Å²) in [5, 5.41) is 12.2. The standard InChI is InChI=1S/C20H22N6O5/c1-9-5-12-6-11(3-4-15(12)31-20(9)30)8-24-18(27)13-7-14(19(28)29)26(10(2)21)17(25-13)16(22)23/h3-4,6-7,9H,2,5,8,21-23H2,1H3,(H,24,27)(H,28,29). The molecule has 31 heavy (non-hydrogen) atoms. The molecule has 2 aliphatic rings. The zero-order valence-electron chi connectivity index (χ0n) is 16.7. The molecular formula is C20H22N6O5. The number of carbonyl (C=O) groups excluding carboxylic acids is 2. The molecule has 1 aromatic rings. The van der Waals surface area contributed by atoms with E-state index in [0.29, 0.717) is 12.2 Å². The van der Waals surface area contributed by atoms with Crippen LogP contribution < -0.4 is 27.3 Å². The smallest absolute Gasteiger partial charge is 0.353 e. The van der Waals surface area contributed by atoms with E-state index in [9.17, 15) is 19.5 Å². The normalized spacial score (nSPS) is 17.7. The number of hydrogen-bond donors (Lipinski definition) is 5. The van der Waals surface area contributed by atoms with Gasteiger partial charge in [0.15, 0.2) is 5.82 Å². The van der Waals surface area contributed by atoms with E-state index in [1.807, 2.05) is 6.07 Å². The maximum Gasteiger partial charge on any atom is 0.353 e. The van der Waals surface area contributed by atoms with E-state index in [2.05, 4.69) is 16.9 Å². The minimum atomic E-state index is -1.37. The summed E-state index contributed by atoms with van der Waals surface area (Å²) in [4.78, 5) is 40.9. The van der Waals surface area contributed by atoms with E-state index in [1.165, 1.54) is 0 Å². The van der Waals surface area contributed by atoms with E-state index in [4.69, 9.17) is 21.9 Å². The van der Waals surface area contributed by atoms with E-state index in [1.54, 1.807) is 19.1 Å². The first kappa shape index (κ1) is 21.4. The molecule has 8 N–H and O–H groups in total. The number of esters is 1. The Kier molecular flexibility index (Phi) is 5.68. The fourth-order valence-electron chi connectivity index (χ4n) is 3.16. The van der Waals surface area contributed by atoms with Crippen molar-refractivity contribution in [3.63, 3.8) is 0 Å². The number of ether oxygens (including phenoxy) is 1. The fourth-order valence-corrected chi connectivity index (χ4v) is 3.16. The van der Waals surface area contributed by atoms with Crippen LogP contribution in [-0.2, 0) is 27.3 Å². The first-order valence-electron chi connectivity index (χ1n) is 9.23. The van der Waals surface area contributed by atoms with E-state index in [-0.39, 0.29) is 47.3 Å². The highest BCUT2D eigenvalue weighted by Crippen LogP contribution is 2.29. The fraction of sp³-hybridized carbons (Fsp3) is 0.200. The highest BCUT2D eigenvalue weighted by Gasteiger charge is 2.30. The summed E-state index contributed by atoms with van der Waals surface area (Å²) in [5.74, 6) is -2.75. The molecule has 0 saturated carbocycles. The van der Waals surface area contributed by atoms with E-state index in [0.717, 1.165) is 22.1 Å². The lowest BCUT2D eigenvalue weighted by atomic mass is 9.96. The van der Waals surface area contributed by atoms with Crippen LogP contribution in [0.25, 0.3) is 0 Å². The van der Waals surface area contributed by atoms with Crippen LogP contribution in [-0.4, -0.2) is 33.6 Å². The summed E-state index contributed by atoms with van der Waals surface area (Å²) in [5.41, 5.74) is 17.9. The molecule has 0 bridgehead atoms. The summed E-state index contributed by atoms with van der Waals surface area (Å²) in [6, 6.07) is 5.22. The Morgan fingerprint density at radius 3 is 2.68 bits per heavy atom. The lowest BCUT2D eigenvalue weighted by molar-refractivity contribution is -0.139. The monoisotopic (exact) mass is 426 g/mol. The van der Waals surface area contributed by atoms with Crippen molar-refractivity contribution < 1.29 is 24.2 Å². The minimum absolute atomic E-state index is 0.133. The molecule has 3 rings (SSSR count). The molecule has 11 heteroatoms. The average molecular weight is 426 g/mol. The molecular weight excluding hydrogens is 404 g/mol. The summed E-state index contributed by atoms with van der Waals surface area (Å²) < 4.78 is 5.26. The van der Waals surface area contributed by atoms with Crippen molar-refractivity contribution in [1.82, 2.24) is 10.2 Å². The van der Waals surface area contributed by atoms with Crippen molar-refractivity contribution in [1.29, 1.82) is 0 Å². The van der Waals surface area contributed by atoms with Crippen LogP contribution in [0, 0.1) is 5.92 Å². The van der Waals surface area contributed by atoms with Gasteiger partial charge in [-0.1, -0.05) is 25.6 Å². The second kappa shape index (κ2) is 8.22. The molecule has 2 aliphatic heterocycles. The number of aliphatic carboxylic acids is 1. The predicted octanol–water partition coefficient (Wildman–Crippen LogP) is -0.401. The molecule has 162 valence electrons. The van der Waals surface area contributed by atoms with Gasteiger partial charge in [-0.15, -0.1) is 0 Å². The van der Waals surface area contributed by atoms with Gasteiger partial charge in [0.2, 0.25) is 0 Å². The highest BCUT2D eigenvalue weighted by atomic mass is 16.5. The van der Waals surface area contributed by atoms with Crippen molar-refractivity contribution in [3.05, 3.63) is 65.1 Å². The summed E-state index contributed by atoms with van der Waals surface area (Å²) in [6.07, 6.45) is 1.59. The molecule has 0 spiro atoms. The number of fused-ring (bicyclic) bond motifs is 1. The van der Waals surface area contributed by atoms with Gasteiger partial charge in [-0.25, -0.2) is 9.79 Å². The number of nitrogens with one attached hydrogen (secondary N) is 1. The molecule has 1 unspecified atom stereocenters. The third kappa shape index (κ3) is 4.34. The van der Waals surface area contributed by atoms with Gasteiger partial charge in [0.25, 0.3) is 5.91 Å². The minimum Gasteiger partial charge on any atom is -0.477 e. The van der Waals surface area contributed by atoms with Crippen molar-refractivity contribution in [2.24, 2.45) is 28.1 Å². The van der Waals surface area contributed by atoms with Gasteiger partial charge >= 0.3 is 11.9 Å². The summed E-state index contributed by atoms with van der Waals surface area (Å²) in [6.45, 7) is 5.40. The van der Waals surface area contributed by atoms with Crippen molar-refractivity contribution >= 4 is 23.6 Å². The quantitative estimate of drug-likeness (QED) is 0.308. The molecule has 0 aromatic heterocycles. The Bertz CT molecular complexity index is 1080. The number of carbonyl (C=O) groups is 3. The highest BCUT2D eigenvalue weighted by molar-refractivity contribution is 6.44. The largest absolute Gasteiger partial charge is 0.477 e. The average Bonchev–Trinajstić information content (AvgIpc) is 2.71. The van der Waals surface area contributed by atoms with E-state index >= 15 is 0 Å². The van der Waals surface area contributed by atoms with Crippen molar-refractivity contribution in [2.45, 2.75) is 19.9 Å². The van der Waals surface area contributed by atoms with Gasteiger partial charge in [-0.2, -0.15) is 0 Å². The van der Waals surface area contributed by atoms with Crippen molar-refractivity contribution in [3.8, 4) is 5.75 Å². The van der Waals surface area contributed by atoms with Gasteiger partial charge in [0, 0.05) is 12.6 Å². The Morgan fingerprint density at radius 1 is 1.35 bits per heavy atom. The maximum absolute atomic E-state index is 12.6. The molecule has 0 aliphatic carbocycles. The molecule has 11 nitrogen and oxygen atoms in total. The molecule has 0 saturated heterocycles. The number of hydrogen-bond acceptors (Lipinski definition) is 9. The zero-order valence-corrected chi connectivity index (χ0v) is 16.7. The Balaban J connectivity index is 1.80. The van der Waals surface area contributed by atoms with Gasteiger partial charge in [0.05, 0.1) is 5.92 Å². The Morgan fingerprint density at radius 2 is 2.06 bits per heavy atom. The van der Waals surface area contributed by atoms with Gasteiger partial charge < -0.3 is 32.4 Å². The number of nitrogens with zero attached hydrogens (tertiary/aromatic N) is 2. The molecule has 1 atom stereocenters. The number of aliphatic imine (C=N–C) groups is 1. The van der Waals surface area contributed by atoms with Crippen LogP contribution in [0.5, 0.6) is 5.75 Å². The number of nitrogens with two attached hydrogens (primary N) is 3. The van der Waals surface area contributed by atoms with E-state index < -0.39 is 11.9 Å². The molecule has 1 amide bonds.